The number of para-hydroxylation sites is 1. The Kier molecular flexibility index (Phi) is 8.28. The van der Waals surface area contributed by atoms with Gasteiger partial charge in [-0.15, -0.1) is 11.8 Å². The number of nitrogens with zero attached hydrogens (tertiary/aromatic N) is 4. The van der Waals surface area contributed by atoms with Gasteiger partial charge in [0.2, 0.25) is 5.95 Å². The lowest BCUT2D eigenvalue weighted by atomic mass is 9.87. The first-order valence-electron chi connectivity index (χ1n) is 13.8. The Morgan fingerprint density at radius 2 is 1.90 bits per heavy atom. The summed E-state index contributed by atoms with van der Waals surface area (Å²) in [6, 6.07) is 12.7. The zero-order chi connectivity index (χ0) is 27.5. The van der Waals surface area contributed by atoms with Crippen molar-refractivity contribution >= 4 is 45.9 Å². The lowest BCUT2D eigenvalue weighted by molar-refractivity contribution is 0.239. The summed E-state index contributed by atoms with van der Waals surface area (Å²) in [5.74, 6) is 2.49. The van der Waals surface area contributed by atoms with Crippen molar-refractivity contribution in [2.45, 2.75) is 69.6 Å². The third-order valence-corrected chi connectivity index (χ3v) is 7.94. The van der Waals surface area contributed by atoms with E-state index in [0.717, 1.165) is 35.6 Å². The number of aromatic amines is 1. The first kappa shape index (κ1) is 27.3. The van der Waals surface area contributed by atoms with Crippen molar-refractivity contribution in [1.82, 2.24) is 25.1 Å². The van der Waals surface area contributed by atoms with E-state index in [1.807, 2.05) is 17.8 Å². The van der Waals surface area contributed by atoms with Crippen molar-refractivity contribution in [1.29, 1.82) is 0 Å². The largest absolute Gasteiger partial charge is 0.489 e. The van der Waals surface area contributed by atoms with E-state index in [0.29, 0.717) is 28.6 Å². The van der Waals surface area contributed by atoms with Crippen LogP contribution in [0.4, 0.5) is 23.1 Å². The quantitative estimate of drug-likeness (QED) is 0.190. The van der Waals surface area contributed by atoms with E-state index in [9.17, 15) is 0 Å². The molecule has 0 radical (unpaired) electrons. The minimum absolute atomic E-state index is 0.0401. The Balaban J connectivity index is 1.49. The molecular formula is C30H39N7OS. The fourth-order valence-electron chi connectivity index (χ4n) is 5.17. The summed E-state index contributed by atoms with van der Waals surface area (Å²) < 4.78 is 6.31. The molecule has 9 heteroatoms. The normalized spacial score (nSPS) is 16.3. The third kappa shape index (κ3) is 6.47. The number of anilines is 4. The molecule has 206 valence electrons. The van der Waals surface area contributed by atoms with E-state index in [-0.39, 0.29) is 6.10 Å². The van der Waals surface area contributed by atoms with Gasteiger partial charge in [-0.05, 0) is 88.5 Å². The van der Waals surface area contributed by atoms with Gasteiger partial charge in [0.25, 0.3) is 0 Å². The summed E-state index contributed by atoms with van der Waals surface area (Å²) in [4.78, 5) is 13.2. The predicted octanol–water partition coefficient (Wildman–Crippen LogP) is 7.25. The van der Waals surface area contributed by atoms with Crippen LogP contribution in [0.15, 0.2) is 47.5 Å². The molecule has 1 atom stereocenters. The molecular weight excluding hydrogens is 506 g/mol. The SMILES string of the molecule is Cc1cc(Nc2nc(Nc3ccccc3SC(C)C)c3cn[nH]c3n2)c(OC(C)C)cc1C1CCCN(C)C1. The summed E-state index contributed by atoms with van der Waals surface area (Å²) in [7, 11) is 2.21. The second-order valence-electron chi connectivity index (χ2n) is 10.9. The van der Waals surface area contributed by atoms with Crippen molar-refractivity contribution in [2.24, 2.45) is 0 Å². The molecule has 0 saturated carbocycles. The molecule has 2 aromatic heterocycles. The summed E-state index contributed by atoms with van der Waals surface area (Å²) in [6.07, 6.45) is 4.21. The number of hydrogen-bond acceptors (Lipinski definition) is 8. The Hall–Kier alpha value is -3.30. The number of likely N-dealkylation sites (N-methyl/N-ethyl adjacent to an activating group) is 1. The number of thioether (sulfide) groups is 1. The van der Waals surface area contributed by atoms with Gasteiger partial charge in [-0.2, -0.15) is 15.1 Å². The van der Waals surface area contributed by atoms with Gasteiger partial charge in [0.1, 0.15) is 11.6 Å². The third-order valence-electron chi connectivity index (χ3n) is 6.85. The van der Waals surface area contributed by atoms with Gasteiger partial charge >= 0.3 is 0 Å². The van der Waals surface area contributed by atoms with Gasteiger partial charge in [0.15, 0.2) is 5.65 Å². The van der Waals surface area contributed by atoms with Gasteiger partial charge in [-0.3, -0.25) is 5.10 Å². The Labute approximate surface area is 235 Å². The average molecular weight is 546 g/mol. The second kappa shape index (κ2) is 11.8. The fourth-order valence-corrected chi connectivity index (χ4v) is 6.08. The molecule has 0 bridgehead atoms. The van der Waals surface area contributed by atoms with Crippen LogP contribution in [-0.4, -0.2) is 56.6 Å². The number of H-pyrrole nitrogens is 1. The molecule has 1 saturated heterocycles. The van der Waals surface area contributed by atoms with Gasteiger partial charge in [0, 0.05) is 16.7 Å². The zero-order valence-electron chi connectivity index (χ0n) is 23.7. The maximum atomic E-state index is 6.31. The maximum Gasteiger partial charge on any atom is 0.231 e. The number of benzene rings is 2. The van der Waals surface area contributed by atoms with Gasteiger partial charge in [0.05, 0.1) is 29.1 Å². The van der Waals surface area contributed by atoms with E-state index in [2.05, 4.69) is 97.7 Å². The monoisotopic (exact) mass is 545 g/mol. The number of nitrogens with one attached hydrogen (secondary N) is 3. The van der Waals surface area contributed by atoms with Gasteiger partial charge < -0.3 is 20.3 Å². The maximum absolute atomic E-state index is 6.31. The number of piperidine rings is 1. The highest BCUT2D eigenvalue weighted by molar-refractivity contribution is 8.00. The molecule has 1 aliphatic rings. The van der Waals surface area contributed by atoms with Gasteiger partial charge in [-0.1, -0.05) is 26.0 Å². The molecule has 2 aromatic carbocycles. The highest BCUT2D eigenvalue weighted by Crippen LogP contribution is 2.38. The van der Waals surface area contributed by atoms with Crippen LogP contribution in [0.1, 0.15) is 57.6 Å². The number of fused-ring (bicyclic) bond motifs is 1. The van der Waals surface area contributed by atoms with E-state index in [4.69, 9.17) is 14.7 Å². The summed E-state index contributed by atoms with van der Waals surface area (Å²) >= 11 is 1.82. The first-order valence-corrected chi connectivity index (χ1v) is 14.7. The zero-order valence-corrected chi connectivity index (χ0v) is 24.5. The van der Waals surface area contributed by atoms with E-state index < -0.39 is 0 Å². The van der Waals surface area contributed by atoms with Crippen molar-refractivity contribution in [3.63, 3.8) is 0 Å². The number of hydrogen-bond donors (Lipinski definition) is 3. The van der Waals surface area contributed by atoms with Crippen molar-refractivity contribution in [2.75, 3.05) is 30.8 Å². The van der Waals surface area contributed by atoms with Crippen LogP contribution in [0.3, 0.4) is 0 Å². The molecule has 0 amide bonds. The number of rotatable bonds is 9. The van der Waals surface area contributed by atoms with Crippen LogP contribution >= 0.6 is 11.8 Å². The molecule has 8 nitrogen and oxygen atoms in total. The number of aromatic nitrogens is 4. The van der Waals surface area contributed by atoms with Crippen LogP contribution in [0.2, 0.25) is 0 Å². The Bertz CT molecular complexity index is 1430. The lowest BCUT2D eigenvalue weighted by Gasteiger charge is -2.31. The van der Waals surface area contributed by atoms with Crippen molar-refractivity contribution in [3.05, 3.63) is 53.7 Å². The molecule has 0 spiro atoms. The second-order valence-corrected chi connectivity index (χ2v) is 12.5. The van der Waals surface area contributed by atoms with E-state index >= 15 is 0 Å². The summed E-state index contributed by atoms with van der Waals surface area (Å²) in [5.41, 5.74) is 5.12. The van der Waals surface area contributed by atoms with Gasteiger partial charge in [-0.25, -0.2) is 0 Å². The van der Waals surface area contributed by atoms with E-state index in [1.54, 1.807) is 6.20 Å². The molecule has 0 aliphatic carbocycles. The number of ether oxygens (including phenoxy) is 1. The fraction of sp³-hybridized carbons (Fsp3) is 0.433. The molecule has 1 fully saturated rings. The average Bonchev–Trinajstić information content (AvgIpc) is 3.35. The molecule has 1 aliphatic heterocycles. The Morgan fingerprint density at radius 1 is 1.08 bits per heavy atom. The molecule has 1 unspecified atom stereocenters. The molecule has 3 N–H and O–H groups in total. The first-order chi connectivity index (χ1) is 18.8. The highest BCUT2D eigenvalue weighted by Gasteiger charge is 2.23. The molecule has 39 heavy (non-hydrogen) atoms. The predicted molar refractivity (Wildman–Crippen MR) is 162 cm³/mol. The van der Waals surface area contributed by atoms with Crippen LogP contribution in [0.5, 0.6) is 5.75 Å². The summed E-state index contributed by atoms with van der Waals surface area (Å²) in [6.45, 7) is 12.9. The van der Waals surface area contributed by atoms with Crippen LogP contribution in [0, 0.1) is 6.92 Å². The number of aryl methyl sites for hydroxylation is 1. The molecule has 3 heterocycles. The minimum atomic E-state index is 0.0401. The van der Waals surface area contributed by atoms with E-state index in [1.165, 1.54) is 28.9 Å². The van der Waals surface area contributed by atoms with Crippen LogP contribution in [-0.2, 0) is 0 Å². The highest BCUT2D eigenvalue weighted by atomic mass is 32.2. The standard InChI is InChI=1S/C30H39N7OS/c1-18(2)38-26-15-22(21-10-9-13-37(6)17-21)20(5)14-25(26)33-30-34-28(23-16-31-36-29(23)35-30)32-24-11-7-8-12-27(24)39-19(3)4/h7-8,11-12,14-16,18-19,21H,9-10,13,17H2,1-6H3,(H3,31,32,33,34,35,36). The van der Waals surface area contributed by atoms with Crippen molar-refractivity contribution < 1.29 is 4.74 Å². The molecule has 4 aromatic rings. The smallest absolute Gasteiger partial charge is 0.231 e. The van der Waals surface area contributed by atoms with Crippen molar-refractivity contribution in [3.8, 4) is 5.75 Å². The van der Waals surface area contributed by atoms with Crippen LogP contribution in [0.25, 0.3) is 11.0 Å². The lowest BCUT2D eigenvalue weighted by Crippen LogP contribution is -2.31. The summed E-state index contributed by atoms with van der Waals surface area (Å²) in [5, 5.41) is 15.5. The minimum Gasteiger partial charge on any atom is -0.489 e. The van der Waals surface area contributed by atoms with Crippen LogP contribution < -0.4 is 15.4 Å². The topological polar surface area (TPSA) is 91.0 Å². The molecule has 5 rings (SSSR count). The Morgan fingerprint density at radius 3 is 2.67 bits per heavy atom. The number of likely N-dealkylation sites (tertiary alicyclic amines) is 1.